The van der Waals surface area contributed by atoms with Gasteiger partial charge in [-0.25, -0.2) is 8.42 Å². The van der Waals surface area contributed by atoms with E-state index in [1.54, 1.807) is 55.5 Å². The Bertz CT molecular complexity index is 1490. The molecule has 0 aliphatic heterocycles. The monoisotopic (exact) mass is 629 g/mol. The van der Waals surface area contributed by atoms with E-state index in [1.165, 1.54) is 23.1 Å². The van der Waals surface area contributed by atoms with E-state index in [1.807, 2.05) is 13.0 Å². The van der Waals surface area contributed by atoms with Crippen molar-refractivity contribution in [2.75, 3.05) is 10.8 Å². The Morgan fingerprint density at radius 3 is 2.29 bits per heavy atom. The minimum Gasteiger partial charge on any atom is -0.352 e. The van der Waals surface area contributed by atoms with Gasteiger partial charge in [-0.15, -0.1) is 0 Å². The number of benzene rings is 3. The van der Waals surface area contributed by atoms with Gasteiger partial charge in [0, 0.05) is 22.6 Å². The van der Waals surface area contributed by atoms with Crippen LogP contribution in [-0.2, 0) is 26.2 Å². The second-order valence-corrected chi connectivity index (χ2v) is 13.3. The van der Waals surface area contributed by atoms with E-state index >= 15 is 0 Å². The number of carbonyl (C=O) groups is 2. The molecule has 3 aromatic carbocycles. The Morgan fingerprint density at radius 2 is 1.62 bits per heavy atom. The summed E-state index contributed by atoms with van der Waals surface area (Å²) in [7, 11) is -4.18. The van der Waals surface area contributed by atoms with Crippen molar-refractivity contribution in [3.05, 3.63) is 94.0 Å². The van der Waals surface area contributed by atoms with Crippen molar-refractivity contribution in [1.82, 2.24) is 10.2 Å². The molecule has 1 fully saturated rings. The maximum atomic E-state index is 14.3. The minimum absolute atomic E-state index is 0.0388. The highest BCUT2D eigenvalue weighted by atomic mass is 35.5. The molecule has 0 saturated heterocycles. The number of amides is 2. The fourth-order valence-corrected chi connectivity index (χ4v) is 7.21. The number of nitrogens with one attached hydrogen (secondary N) is 1. The van der Waals surface area contributed by atoms with Crippen molar-refractivity contribution in [2.24, 2.45) is 0 Å². The molecule has 3 aromatic rings. The van der Waals surface area contributed by atoms with Gasteiger partial charge in [-0.05, 0) is 67.6 Å². The van der Waals surface area contributed by atoms with Gasteiger partial charge in [0.05, 0.1) is 10.6 Å². The van der Waals surface area contributed by atoms with E-state index < -0.39 is 28.5 Å². The quantitative estimate of drug-likeness (QED) is 0.254. The van der Waals surface area contributed by atoms with Crippen LogP contribution >= 0.6 is 23.2 Å². The fraction of sp³-hybridized carbons (Fsp3) is 0.375. The largest absolute Gasteiger partial charge is 0.352 e. The zero-order valence-electron chi connectivity index (χ0n) is 23.9. The molecule has 224 valence electrons. The third-order valence-corrected chi connectivity index (χ3v) is 10.1. The summed E-state index contributed by atoms with van der Waals surface area (Å²) >= 11 is 12.8. The van der Waals surface area contributed by atoms with Gasteiger partial charge in [0.2, 0.25) is 11.8 Å². The molecule has 0 bridgehead atoms. The lowest BCUT2D eigenvalue weighted by molar-refractivity contribution is -0.140. The summed E-state index contributed by atoms with van der Waals surface area (Å²) in [6.07, 6.45) is 5.39. The molecule has 0 radical (unpaired) electrons. The van der Waals surface area contributed by atoms with Gasteiger partial charge >= 0.3 is 0 Å². The first-order valence-electron chi connectivity index (χ1n) is 14.3. The Labute approximate surface area is 258 Å². The topological polar surface area (TPSA) is 86.8 Å². The van der Waals surface area contributed by atoms with Crippen LogP contribution in [0.4, 0.5) is 5.69 Å². The number of anilines is 1. The van der Waals surface area contributed by atoms with E-state index in [0.29, 0.717) is 27.6 Å². The summed E-state index contributed by atoms with van der Waals surface area (Å²) in [4.78, 5) is 29.4. The van der Waals surface area contributed by atoms with Crippen LogP contribution in [0.1, 0.15) is 56.6 Å². The molecule has 0 heterocycles. The highest BCUT2D eigenvalue weighted by Crippen LogP contribution is 2.30. The molecule has 7 nitrogen and oxygen atoms in total. The number of hydrogen-bond acceptors (Lipinski definition) is 4. The molecule has 1 aliphatic carbocycles. The Hall–Kier alpha value is -3.07. The molecule has 1 atom stereocenters. The van der Waals surface area contributed by atoms with Crippen LogP contribution < -0.4 is 9.62 Å². The molecular weight excluding hydrogens is 593 g/mol. The van der Waals surface area contributed by atoms with Crippen LogP contribution in [0.3, 0.4) is 0 Å². The maximum absolute atomic E-state index is 14.3. The molecule has 2 amide bonds. The van der Waals surface area contributed by atoms with E-state index in [0.717, 1.165) is 36.4 Å². The highest BCUT2D eigenvalue weighted by molar-refractivity contribution is 7.92. The lowest BCUT2D eigenvalue weighted by atomic mass is 9.95. The SMILES string of the molecule is CC[C@@H](C(=O)NC1CCCCC1)N(Cc1ccccc1Cl)C(=O)CN(c1cc(Cl)ccc1C)S(=O)(=O)c1ccccc1. The molecule has 4 rings (SSSR count). The zero-order valence-corrected chi connectivity index (χ0v) is 26.3. The Kier molecular flexibility index (Phi) is 10.9. The Balaban J connectivity index is 1.74. The van der Waals surface area contributed by atoms with Crippen LogP contribution in [0, 0.1) is 6.92 Å². The van der Waals surface area contributed by atoms with Gasteiger partial charge in [-0.3, -0.25) is 13.9 Å². The van der Waals surface area contributed by atoms with Gasteiger partial charge < -0.3 is 10.2 Å². The molecule has 1 aliphatic rings. The molecule has 0 spiro atoms. The van der Waals surface area contributed by atoms with Crippen LogP contribution in [0.5, 0.6) is 0 Å². The van der Waals surface area contributed by atoms with Crippen LogP contribution in [0.2, 0.25) is 10.0 Å². The highest BCUT2D eigenvalue weighted by Gasteiger charge is 2.35. The molecule has 0 aromatic heterocycles. The minimum atomic E-state index is -4.18. The summed E-state index contributed by atoms with van der Waals surface area (Å²) in [6.45, 7) is 3.12. The molecule has 42 heavy (non-hydrogen) atoms. The predicted octanol–water partition coefficient (Wildman–Crippen LogP) is 6.75. The van der Waals surface area contributed by atoms with Crippen molar-refractivity contribution < 1.29 is 18.0 Å². The number of aryl methyl sites for hydroxylation is 1. The average Bonchev–Trinajstić information content (AvgIpc) is 2.99. The van der Waals surface area contributed by atoms with Crippen molar-refractivity contribution in [1.29, 1.82) is 0 Å². The summed E-state index contributed by atoms with van der Waals surface area (Å²) in [5.41, 5.74) is 1.58. The smallest absolute Gasteiger partial charge is 0.264 e. The normalized spacial score (nSPS) is 14.7. The van der Waals surface area contributed by atoms with Crippen LogP contribution in [-0.4, -0.2) is 43.8 Å². The van der Waals surface area contributed by atoms with Crippen LogP contribution in [0.25, 0.3) is 0 Å². The number of sulfonamides is 1. The first-order chi connectivity index (χ1) is 20.1. The summed E-state index contributed by atoms with van der Waals surface area (Å²) in [5.74, 6) is -0.777. The third kappa shape index (κ3) is 7.65. The molecule has 0 unspecified atom stereocenters. The molecular formula is C32H37Cl2N3O4S. The third-order valence-electron chi connectivity index (χ3n) is 7.69. The maximum Gasteiger partial charge on any atom is 0.264 e. The fourth-order valence-electron chi connectivity index (χ4n) is 5.36. The summed E-state index contributed by atoms with van der Waals surface area (Å²) in [6, 6.07) is 19.2. The van der Waals surface area contributed by atoms with Gasteiger partial charge in [0.15, 0.2) is 0 Å². The summed E-state index contributed by atoms with van der Waals surface area (Å²) in [5, 5.41) is 3.94. The standard InChI is InChI=1S/C32H37Cl2N3O4S/c1-3-29(32(39)35-26-13-6-4-7-14-26)36(21-24-12-10-11-17-28(24)34)31(38)22-37(30-20-25(33)19-18-23(30)2)42(40,41)27-15-8-5-9-16-27/h5,8-12,15-20,26,29H,3-4,6-7,13-14,21-22H2,1-2H3,(H,35,39)/t29-/m0/s1. The predicted molar refractivity (Wildman–Crippen MR) is 168 cm³/mol. The second-order valence-electron chi connectivity index (χ2n) is 10.6. The second kappa shape index (κ2) is 14.4. The zero-order chi connectivity index (χ0) is 30.3. The van der Waals surface area contributed by atoms with Crippen molar-refractivity contribution in [3.63, 3.8) is 0 Å². The number of hydrogen-bond donors (Lipinski definition) is 1. The number of rotatable bonds is 11. The van der Waals surface area contributed by atoms with E-state index in [-0.39, 0.29) is 29.1 Å². The molecule has 1 saturated carbocycles. The van der Waals surface area contributed by atoms with E-state index in [9.17, 15) is 18.0 Å². The van der Waals surface area contributed by atoms with Crippen molar-refractivity contribution in [2.45, 2.75) is 75.9 Å². The molecule has 10 heteroatoms. The number of carbonyl (C=O) groups excluding carboxylic acids is 2. The first kappa shape index (κ1) is 31.9. The lowest BCUT2D eigenvalue weighted by Crippen LogP contribution is -2.54. The lowest BCUT2D eigenvalue weighted by Gasteiger charge is -2.35. The van der Waals surface area contributed by atoms with Gasteiger partial charge in [0.1, 0.15) is 12.6 Å². The van der Waals surface area contributed by atoms with Crippen LogP contribution in [0.15, 0.2) is 77.7 Å². The van der Waals surface area contributed by atoms with Crippen molar-refractivity contribution >= 4 is 50.7 Å². The number of nitrogens with zero attached hydrogens (tertiary/aromatic N) is 2. The average molecular weight is 631 g/mol. The molecule has 1 N–H and O–H groups in total. The van der Waals surface area contributed by atoms with E-state index in [2.05, 4.69) is 5.32 Å². The van der Waals surface area contributed by atoms with Gasteiger partial charge in [0.25, 0.3) is 10.0 Å². The summed E-state index contributed by atoms with van der Waals surface area (Å²) < 4.78 is 29.1. The first-order valence-corrected chi connectivity index (χ1v) is 16.5. The van der Waals surface area contributed by atoms with Gasteiger partial charge in [-0.1, -0.05) is 91.9 Å². The van der Waals surface area contributed by atoms with Gasteiger partial charge in [-0.2, -0.15) is 0 Å². The Morgan fingerprint density at radius 1 is 0.952 bits per heavy atom. The van der Waals surface area contributed by atoms with Crippen molar-refractivity contribution in [3.8, 4) is 0 Å². The van der Waals surface area contributed by atoms with E-state index in [4.69, 9.17) is 23.2 Å². The number of halogens is 2.